The molecule has 4 N–H and O–H groups in total. The van der Waals surface area contributed by atoms with Crippen molar-refractivity contribution in [2.45, 2.75) is 141 Å². The second kappa shape index (κ2) is 22.8. The van der Waals surface area contributed by atoms with Crippen LogP contribution in [0.25, 0.3) is 0 Å². The molecule has 3 saturated carbocycles. The van der Waals surface area contributed by atoms with Gasteiger partial charge in [0.1, 0.15) is 22.8 Å². The Kier molecular flexibility index (Phi) is 23.4. The van der Waals surface area contributed by atoms with Crippen LogP contribution in [0.15, 0.2) is 20.6 Å². The van der Waals surface area contributed by atoms with Gasteiger partial charge in [-0.1, -0.05) is 39.9 Å². The van der Waals surface area contributed by atoms with Crippen LogP contribution < -0.4 is 0 Å². The van der Waals surface area contributed by atoms with Gasteiger partial charge in [0.05, 0.1) is 17.0 Å². The number of hydrogen-bond acceptors (Lipinski definition) is 8. The van der Waals surface area contributed by atoms with E-state index in [0.717, 1.165) is 0 Å². The minimum Gasteiger partial charge on any atom is -0.411 e. The Balaban J connectivity index is 0. The van der Waals surface area contributed by atoms with Crippen LogP contribution in [-0.2, 0) is 16.8 Å². The van der Waals surface area contributed by atoms with Crippen molar-refractivity contribution in [2.24, 2.45) is 20.6 Å². The molecule has 0 aromatic heterocycles. The number of rotatable bonds is 5. The van der Waals surface area contributed by atoms with E-state index in [-0.39, 0.29) is 32.1 Å². The van der Waals surface area contributed by atoms with E-state index >= 15 is 0 Å². The van der Waals surface area contributed by atoms with Gasteiger partial charge in [-0.25, -0.2) is 0 Å². The van der Waals surface area contributed by atoms with E-state index in [2.05, 4.69) is 20.6 Å². The summed E-state index contributed by atoms with van der Waals surface area (Å²) in [6.45, 7) is 6.15. The van der Waals surface area contributed by atoms with E-state index < -0.39 is 0 Å². The van der Waals surface area contributed by atoms with Gasteiger partial charge in [0.25, 0.3) is 0 Å². The Hall–Kier alpha value is -1.18. The van der Waals surface area contributed by atoms with E-state index in [1.54, 1.807) is 96.3 Å². The summed E-state index contributed by atoms with van der Waals surface area (Å²) in [7, 11) is -0.0465. The van der Waals surface area contributed by atoms with Crippen molar-refractivity contribution in [3.8, 4) is 0 Å². The third kappa shape index (κ3) is 14.5. The van der Waals surface area contributed by atoms with Gasteiger partial charge >= 0.3 is 0 Å². The molecule has 0 heterocycles. The normalized spacial score (nSPS) is 21.0. The molecule has 0 aromatic rings. The largest absolute Gasteiger partial charge is 0.411 e. The van der Waals surface area contributed by atoms with Crippen LogP contribution in [0, 0.1) is 7.43 Å². The zero-order chi connectivity index (χ0) is 26.1. The summed E-state index contributed by atoms with van der Waals surface area (Å²) in [4.78, 5) is 0. The van der Waals surface area contributed by atoms with Gasteiger partial charge < -0.3 is 28.3 Å². The molecule has 0 amide bonds. The summed E-state index contributed by atoms with van der Waals surface area (Å²) in [6.07, 6.45) is 23.8. The predicted molar refractivity (Wildman–Crippen MR) is 155 cm³/mol. The quantitative estimate of drug-likeness (QED) is 0.0853. The second-order valence-electron chi connectivity index (χ2n) is 10.2. The standard InChI is InChI=1S/C18H33P.2C4H8N2O2.CH3.Co/c1-4-10-16(11-5-1)19(17-12-6-2-7-13-17)18-14-8-3-9-15-18;2*1-3(5-7)4(2)6-8;;/h16-18H,1-15H2;2*7-8H,1-2H3;1H3;/q;;;-1;/p+1/b;2*5-3+,6-4+;;. The van der Waals surface area contributed by atoms with Crippen molar-refractivity contribution in [3.63, 3.8) is 0 Å². The Bertz CT molecular complexity index is 594. The van der Waals surface area contributed by atoms with Gasteiger partial charge in [-0.2, -0.15) is 0 Å². The molecule has 0 aromatic carbocycles. The summed E-state index contributed by atoms with van der Waals surface area (Å²) in [6, 6.07) is 0. The second-order valence-corrected chi connectivity index (χ2v) is 13.7. The zero-order valence-electron chi connectivity index (χ0n) is 23.7. The maximum Gasteiger partial charge on any atom is 0.101 e. The Morgan fingerprint density at radius 1 is 0.459 bits per heavy atom. The number of nitrogens with zero attached hydrogens (tertiary/aromatic N) is 4. The van der Waals surface area contributed by atoms with Gasteiger partial charge in [0.2, 0.25) is 0 Å². The number of hydrogen-bond donors (Lipinski definition) is 4. The van der Waals surface area contributed by atoms with Gasteiger partial charge in [-0.15, -0.1) is 0 Å². The summed E-state index contributed by atoms with van der Waals surface area (Å²) in [5.41, 5.74) is 4.93. The first-order chi connectivity index (χ1) is 16.9. The molecular formula is C27H53CoN4O4P. The first kappa shape index (κ1) is 38.0. The van der Waals surface area contributed by atoms with Crippen molar-refractivity contribution in [3.05, 3.63) is 7.43 Å². The van der Waals surface area contributed by atoms with E-state index in [4.69, 9.17) is 20.8 Å². The molecule has 0 saturated heterocycles. The van der Waals surface area contributed by atoms with Crippen molar-refractivity contribution in [1.82, 2.24) is 0 Å². The summed E-state index contributed by atoms with van der Waals surface area (Å²) in [5.74, 6) is 0. The molecule has 3 aliphatic rings. The van der Waals surface area contributed by atoms with E-state index in [0.29, 0.717) is 22.8 Å². The van der Waals surface area contributed by atoms with E-state index in [1.165, 1.54) is 44.7 Å². The monoisotopic (exact) mass is 587 g/mol. The molecule has 219 valence electrons. The van der Waals surface area contributed by atoms with Crippen molar-refractivity contribution < 1.29 is 37.6 Å². The van der Waals surface area contributed by atoms with Crippen LogP contribution in [0.4, 0.5) is 0 Å². The van der Waals surface area contributed by atoms with Gasteiger partial charge in [-0.05, 0) is 105 Å². The molecule has 1 radical (unpaired) electrons. The van der Waals surface area contributed by atoms with Crippen molar-refractivity contribution >= 4 is 30.8 Å². The fraction of sp³-hybridized carbons (Fsp3) is 0.815. The molecule has 0 bridgehead atoms. The summed E-state index contributed by atoms with van der Waals surface area (Å²) >= 11 is 0. The van der Waals surface area contributed by atoms with Crippen LogP contribution in [0.5, 0.6) is 0 Å². The third-order valence-electron chi connectivity index (χ3n) is 7.88. The minimum atomic E-state index is -0.0465. The molecule has 0 atom stereocenters. The smallest absolute Gasteiger partial charge is 0.101 e. The third-order valence-corrected chi connectivity index (χ3v) is 12.4. The zero-order valence-corrected chi connectivity index (χ0v) is 25.8. The minimum absolute atomic E-state index is 0. The van der Waals surface area contributed by atoms with Gasteiger partial charge in [0, 0.05) is 24.7 Å². The molecule has 37 heavy (non-hydrogen) atoms. The fourth-order valence-electron chi connectivity index (χ4n) is 5.60. The molecule has 8 nitrogen and oxygen atoms in total. The Labute approximate surface area is 237 Å². The molecular weight excluding hydrogens is 534 g/mol. The Morgan fingerprint density at radius 3 is 0.811 bits per heavy atom. The molecule has 3 fully saturated rings. The van der Waals surface area contributed by atoms with E-state index in [9.17, 15) is 0 Å². The summed E-state index contributed by atoms with van der Waals surface area (Å²) < 4.78 is 0. The SMILES string of the molecule is C1CCC([PH+](C2CCCCC2)C2CCCCC2)CC1.CC(=N\O)/C(C)=N/O.CC(=N\O)/C(C)=N/O.[CH3-].[Co]. The maximum atomic E-state index is 8.03. The van der Waals surface area contributed by atoms with Crippen molar-refractivity contribution in [1.29, 1.82) is 0 Å². The molecule has 10 heteroatoms. The molecule has 3 aliphatic carbocycles. The topological polar surface area (TPSA) is 130 Å². The molecule has 3 rings (SSSR count). The molecule has 0 spiro atoms. The predicted octanol–water partition coefficient (Wildman–Crippen LogP) is 8.02. The molecule has 0 aliphatic heterocycles. The van der Waals surface area contributed by atoms with Crippen LogP contribution in [-0.4, -0.2) is 60.7 Å². The van der Waals surface area contributed by atoms with Crippen LogP contribution >= 0.6 is 7.92 Å². The van der Waals surface area contributed by atoms with Gasteiger partial charge in [0.15, 0.2) is 0 Å². The average molecular weight is 588 g/mol. The van der Waals surface area contributed by atoms with Crippen LogP contribution in [0.1, 0.15) is 124 Å². The molecule has 0 unspecified atom stereocenters. The first-order valence-electron chi connectivity index (χ1n) is 13.5. The summed E-state index contributed by atoms with van der Waals surface area (Å²) in [5, 5.41) is 43.3. The average Bonchev–Trinajstić information content (AvgIpc) is 2.93. The van der Waals surface area contributed by atoms with Crippen molar-refractivity contribution in [2.75, 3.05) is 0 Å². The van der Waals surface area contributed by atoms with Crippen LogP contribution in [0.3, 0.4) is 0 Å². The Morgan fingerprint density at radius 2 is 0.649 bits per heavy atom. The van der Waals surface area contributed by atoms with Crippen LogP contribution in [0.2, 0.25) is 0 Å². The maximum absolute atomic E-state index is 8.03. The van der Waals surface area contributed by atoms with E-state index in [1.807, 2.05) is 0 Å². The fourth-order valence-corrected chi connectivity index (χ4v) is 10.8. The number of oxime groups is 4. The first-order valence-corrected chi connectivity index (χ1v) is 15.2. The van der Waals surface area contributed by atoms with Gasteiger partial charge in [-0.3, -0.25) is 0 Å².